The van der Waals surface area contributed by atoms with Crippen molar-refractivity contribution < 1.29 is 19.5 Å². The first kappa shape index (κ1) is 28.8. The number of Topliss-reactive ketones (excluding diaryl/α,β-unsaturated/α-hetero) is 1. The van der Waals surface area contributed by atoms with E-state index in [4.69, 9.17) is 23.8 Å². The minimum absolute atomic E-state index is 0.0118. The molecule has 0 aromatic heterocycles. The highest BCUT2D eigenvalue weighted by molar-refractivity contribution is 8.00. The SMILES string of the molecule is CC(=O)c1ccc(NC(=S)Nc2cccc(SC(C(=O)Nc3ccc(Cl)c(C(=O)O)c3)c3ccccc3)c2)cc1. The first-order chi connectivity index (χ1) is 19.2. The van der Waals surface area contributed by atoms with Crippen LogP contribution in [0.2, 0.25) is 5.02 Å². The number of thiocarbonyl (C=S) groups is 1. The van der Waals surface area contributed by atoms with E-state index in [1.54, 1.807) is 30.3 Å². The predicted molar refractivity (Wildman–Crippen MR) is 165 cm³/mol. The van der Waals surface area contributed by atoms with Crippen LogP contribution in [0.25, 0.3) is 0 Å². The van der Waals surface area contributed by atoms with Crippen molar-refractivity contribution in [1.29, 1.82) is 0 Å². The number of nitrogens with one attached hydrogen (secondary N) is 3. The molecule has 10 heteroatoms. The molecule has 202 valence electrons. The number of halogens is 1. The van der Waals surface area contributed by atoms with Crippen molar-refractivity contribution in [2.24, 2.45) is 0 Å². The fourth-order valence-electron chi connectivity index (χ4n) is 3.74. The average Bonchev–Trinajstić information content (AvgIpc) is 2.93. The van der Waals surface area contributed by atoms with Crippen molar-refractivity contribution in [2.75, 3.05) is 16.0 Å². The molecular weight excluding hydrogens is 566 g/mol. The highest BCUT2D eigenvalue weighted by Crippen LogP contribution is 2.37. The molecule has 4 aromatic carbocycles. The van der Waals surface area contributed by atoms with Gasteiger partial charge in [0.15, 0.2) is 10.9 Å². The Bertz CT molecular complexity index is 1560. The summed E-state index contributed by atoms with van der Waals surface area (Å²) in [5, 5.41) is 18.3. The van der Waals surface area contributed by atoms with Crippen molar-refractivity contribution in [3.8, 4) is 0 Å². The molecule has 4 rings (SSSR count). The molecule has 0 fully saturated rings. The van der Waals surface area contributed by atoms with Crippen molar-refractivity contribution in [1.82, 2.24) is 0 Å². The van der Waals surface area contributed by atoms with Gasteiger partial charge in [0.2, 0.25) is 5.91 Å². The van der Waals surface area contributed by atoms with Gasteiger partial charge >= 0.3 is 5.97 Å². The van der Waals surface area contributed by atoms with Crippen LogP contribution in [0.1, 0.15) is 38.5 Å². The summed E-state index contributed by atoms with van der Waals surface area (Å²) < 4.78 is 0. The number of thioether (sulfide) groups is 1. The Balaban J connectivity index is 1.49. The molecule has 0 aliphatic heterocycles. The Morgan fingerprint density at radius 3 is 2.12 bits per heavy atom. The van der Waals surface area contributed by atoms with Crippen molar-refractivity contribution in [2.45, 2.75) is 17.1 Å². The summed E-state index contributed by atoms with van der Waals surface area (Å²) in [4.78, 5) is 37.2. The molecular formula is C30H24ClN3O4S2. The van der Waals surface area contributed by atoms with Crippen LogP contribution in [-0.4, -0.2) is 27.9 Å². The van der Waals surface area contributed by atoms with Crippen LogP contribution >= 0.6 is 35.6 Å². The lowest BCUT2D eigenvalue weighted by molar-refractivity contribution is -0.115. The molecule has 4 aromatic rings. The van der Waals surface area contributed by atoms with E-state index in [0.717, 1.165) is 21.8 Å². The molecule has 0 bridgehead atoms. The summed E-state index contributed by atoms with van der Waals surface area (Å²) in [7, 11) is 0. The summed E-state index contributed by atoms with van der Waals surface area (Å²) in [5.41, 5.74) is 3.09. The fraction of sp³-hybridized carbons (Fsp3) is 0.0667. The molecule has 0 saturated heterocycles. The second-order valence-corrected chi connectivity index (χ2v) is 10.6. The van der Waals surface area contributed by atoms with Crippen LogP contribution in [0.3, 0.4) is 0 Å². The van der Waals surface area contributed by atoms with E-state index in [9.17, 15) is 19.5 Å². The maximum Gasteiger partial charge on any atom is 0.337 e. The van der Waals surface area contributed by atoms with Crippen LogP contribution < -0.4 is 16.0 Å². The molecule has 1 amide bonds. The van der Waals surface area contributed by atoms with E-state index < -0.39 is 11.2 Å². The average molecular weight is 590 g/mol. The van der Waals surface area contributed by atoms with Crippen molar-refractivity contribution >= 4 is 75.4 Å². The Kier molecular flexibility index (Phi) is 9.55. The molecule has 0 aliphatic rings. The minimum Gasteiger partial charge on any atom is -0.478 e. The van der Waals surface area contributed by atoms with Crippen molar-refractivity contribution in [3.63, 3.8) is 0 Å². The lowest BCUT2D eigenvalue weighted by Gasteiger charge is -2.18. The zero-order valence-electron chi connectivity index (χ0n) is 21.2. The maximum absolute atomic E-state index is 13.4. The first-order valence-corrected chi connectivity index (χ1v) is 13.7. The number of carboxylic acids is 1. The fourth-order valence-corrected chi connectivity index (χ4v) is 5.26. The third-order valence-corrected chi connectivity index (χ3v) is 7.48. The van der Waals surface area contributed by atoms with E-state index in [-0.39, 0.29) is 22.3 Å². The first-order valence-electron chi connectivity index (χ1n) is 12.0. The predicted octanol–water partition coefficient (Wildman–Crippen LogP) is 7.52. The smallest absolute Gasteiger partial charge is 0.337 e. The lowest BCUT2D eigenvalue weighted by Crippen LogP contribution is -2.20. The molecule has 0 radical (unpaired) electrons. The topological polar surface area (TPSA) is 108 Å². The van der Waals surface area contributed by atoms with Gasteiger partial charge in [0.05, 0.1) is 10.6 Å². The summed E-state index contributed by atoms with van der Waals surface area (Å²) in [6.07, 6.45) is 0. The molecule has 0 saturated carbocycles. The molecule has 0 spiro atoms. The van der Waals surface area contributed by atoms with Gasteiger partial charge in [-0.15, -0.1) is 11.8 Å². The van der Waals surface area contributed by atoms with Gasteiger partial charge in [-0.3, -0.25) is 9.59 Å². The number of hydrogen-bond acceptors (Lipinski definition) is 5. The van der Waals surface area contributed by atoms with Gasteiger partial charge in [0.25, 0.3) is 0 Å². The largest absolute Gasteiger partial charge is 0.478 e. The zero-order valence-corrected chi connectivity index (χ0v) is 23.6. The van der Waals surface area contributed by atoms with Gasteiger partial charge in [-0.2, -0.15) is 0 Å². The van der Waals surface area contributed by atoms with Gasteiger partial charge in [-0.25, -0.2) is 4.79 Å². The van der Waals surface area contributed by atoms with Gasteiger partial charge in [0, 0.05) is 27.5 Å². The third kappa shape index (κ3) is 7.69. The number of anilines is 3. The normalized spacial score (nSPS) is 11.2. The van der Waals surface area contributed by atoms with Crippen LogP contribution in [0.4, 0.5) is 17.1 Å². The number of rotatable bonds is 9. The summed E-state index contributed by atoms with van der Waals surface area (Å²) >= 11 is 12.8. The monoisotopic (exact) mass is 589 g/mol. The van der Waals surface area contributed by atoms with E-state index >= 15 is 0 Å². The van der Waals surface area contributed by atoms with E-state index in [2.05, 4.69) is 16.0 Å². The highest BCUT2D eigenvalue weighted by Gasteiger charge is 2.23. The summed E-state index contributed by atoms with van der Waals surface area (Å²) in [5.74, 6) is -1.51. The molecule has 40 heavy (non-hydrogen) atoms. The van der Waals surface area contributed by atoms with E-state index in [1.807, 2.05) is 54.6 Å². The molecule has 1 atom stereocenters. The maximum atomic E-state index is 13.4. The number of benzene rings is 4. The van der Waals surface area contributed by atoms with Gasteiger partial charge in [-0.1, -0.05) is 48.0 Å². The molecule has 1 unspecified atom stereocenters. The number of ketones is 1. The number of aromatic carboxylic acids is 1. The number of hydrogen-bond donors (Lipinski definition) is 4. The molecule has 7 nitrogen and oxygen atoms in total. The summed E-state index contributed by atoms with van der Waals surface area (Å²) in [6, 6.07) is 28.1. The van der Waals surface area contributed by atoms with Crippen molar-refractivity contribution in [3.05, 3.63) is 119 Å². The quantitative estimate of drug-likeness (QED) is 0.0902. The van der Waals surface area contributed by atoms with Gasteiger partial charge < -0.3 is 21.1 Å². The second kappa shape index (κ2) is 13.3. The molecule has 0 aliphatic carbocycles. The standard InChI is InChI=1S/C30H24ClN3O4S2/c1-18(35)19-10-12-21(13-11-19)33-30(39)34-22-8-5-9-24(16-22)40-27(20-6-3-2-4-7-20)28(36)32-23-14-15-26(31)25(17-23)29(37)38/h2-17,27H,1H3,(H,32,36)(H,37,38)(H2,33,34,39). The van der Waals surface area contributed by atoms with Crippen LogP contribution in [-0.2, 0) is 4.79 Å². The van der Waals surface area contributed by atoms with Gasteiger partial charge in [0.1, 0.15) is 5.25 Å². The Morgan fingerprint density at radius 1 is 0.800 bits per heavy atom. The number of amides is 1. The van der Waals surface area contributed by atoms with E-state index in [0.29, 0.717) is 16.4 Å². The van der Waals surface area contributed by atoms with E-state index in [1.165, 1.54) is 30.8 Å². The summed E-state index contributed by atoms with van der Waals surface area (Å²) in [6.45, 7) is 1.51. The number of carboxylic acid groups (broad SMARTS) is 1. The molecule has 0 heterocycles. The lowest BCUT2D eigenvalue weighted by atomic mass is 10.1. The Hall–Kier alpha value is -4.18. The minimum atomic E-state index is -1.18. The van der Waals surface area contributed by atoms with Crippen LogP contribution in [0.5, 0.6) is 0 Å². The van der Waals surface area contributed by atoms with Gasteiger partial charge in [-0.05, 0) is 85.4 Å². The van der Waals surface area contributed by atoms with Crippen LogP contribution in [0, 0.1) is 0 Å². The third-order valence-electron chi connectivity index (χ3n) is 5.70. The highest BCUT2D eigenvalue weighted by atomic mass is 35.5. The molecule has 4 N–H and O–H groups in total. The second-order valence-electron chi connectivity index (χ2n) is 8.64. The Morgan fingerprint density at radius 2 is 1.45 bits per heavy atom. The zero-order chi connectivity index (χ0) is 28.6. The number of carbonyl (C=O) groups is 3. The Labute approximate surface area is 246 Å². The number of carbonyl (C=O) groups excluding carboxylic acids is 2. The van der Waals surface area contributed by atoms with Crippen LogP contribution in [0.15, 0.2) is 102 Å².